The zero-order valence-electron chi connectivity index (χ0n) is 16.9. The minimum atomic E-state index is -0.624. The second-order valence-corrected chi connectivity index (χ2v) is 8.26. The van der Waals surface area contributed by atoms with E-state index in [2.05, 4.69) is 30.5 Å². The van der Waals surface area contributed by atoms with Gasteiger partial charge in [-0.3, -0.25) is 9.89 Å². The maximum absolute atomic E-state index is 14.7. The van der Waals surface area contributed by atoms with Crippen molar-refractivity contribution in [1.29, 1.82) is 0 Å². The average molecular weight is 428 g/mol. The number of hydrogen-bond donors (Lipinski definition) is 2. The molecule has 162 valence electrons. The molecular formula is C21H22F2N6O2. The molecule has 0 radical (unpaired) electrons. The number of nitrogens with one attached hydrogen (secondary N) is 2. The summed E-state index contributed by atoms with van der Waals surface area (Å²) in [5, 5.41) is 10.4. The van der Waals surface area contributed by atoms with Crippen LogP contribution in [0.15, 0.2) is 18.5 Å². The number of esters is 1. The molecule has 8 nitrogen and oxygen atoms in total. The van der Waals surface area contributed by atoms with Crippen LogP contribution in [0.5, 0.6) is 0 Å². The number of aromatic nitrogens is 5. The third-order valence-corrected chi connectivity index (χ3v) is 6.58. The van der Waals surface area contributed by atoms with Crippen LogP contribution in [0.4, 0.5) is 14.6 Å². The lowest BCUT2D eigenvalue weighted by Gasteiger charge is -2.39. The summed E-state index contributed by atoms with van der Waals surface area (Å²) in [6.07, 6.45) is 7.05. The Morgan fingerprint density at radius 2 is 1.97 bits per heavy atom. The number of pyridine rings is 1. The van der Waals surface area contributed by atoms with Crippen LogP contribution < -0.4 is 5.32 Å². The number of fused-ring (bicyclic) bond motifs is 5. The molecule has 3 unspecified atom stereocenters. The molecule has 3 fully saturated rings. The number of anilines is 1. The van der Waals surface area contributed by atoms with Crippen LogP contribution in [0.1, 0.15) is 32.1 Å². The quantitative estimate of drug-likeness (QED) is 0.613. The number of carbonyl (C=O) groups is 1. The van der Waals surface area contributed by atoms with E-state index in [1.807, 2.05) is 0 Å². The van der Waals surface area contributed by atoms with E-state index in [0.29, 0.717) is 16.7 Å². The number of aromatic amines is 1. The van der Waals surface area contributed by atoms with Gasteiger partial charge in [0.15, 0.2) is 23.1 Å². The molecular weight excluding hydrogens is 406 g/mol. The zero-order valence-corrected chi connectivity index (χ0v) is 16.9. The summed E-state index contributed by atoms with van der Waals surface area (Å²) in [6.45, 7) is 0. The maximum Gasteiger partial charge on any atom is 0.311 e. The Kier molecular flexibility index (Phi) is 4.99. The number of ether oxygens (including phenoxy) is 1. The Hall–Kier alpha value is -3.17. The van der Waals surface area contributed by atoms with E-state index in [1.165, 1.54) is 13.2 Å². The lowest BCUT2D eigenvalue weighted by Crippen LogP contribution is -2.47. The van der Waals surface area contributed by atoms with Crippen molar-refractivity contribution in [2.24, 2.45) is 17.8 Å². The van der Waals surface area contributed by atoms with Gasteiger partial charge in [-0.1, -0.05) is 6.42 Å². The van der Waals surface area contributed by atoms with Gasteiger partial charge < -0.3 is 10.1 Å². The molecule has 10 heteroatoms. The standard InChI is InChI=1S/C21H22F2N6O2/c1-31-21(30)15-10-3-2-4-11(6-5-10)16(15)26-19-14(23)9-25-20(27-19)17-13-7-12(22)8-24-18(13)29-28-17/h7-11,15-16H,2-6H2,1H3,(H,24,28,29)(H,25,26,27)/t10?,11?,15?,16-/m1/s1. The van der Waals surface area contributed by atoms with Crippen LogP contribution in [-0.2, 0) is 9.53 Å². The molecule has 4 atom stereocenters. The number of carbonyl (C=O) groups excluding carboxylic acids is 1. The lowest BCUT2D eigenvalue weighted by atomic mass is 9.71. The van der Waals surface area contributed by atoms with Crippen molar-refractivity contribution in [3.63, 3.8) is 0 Å². The van der Waals surface area contributed by atoms with Crippen LogP contribution in [0.3, 0.4) is 0 Å². The fraction of sp³-hybridized carbons (Fsp3) is 0.476. The highest BCUT2D eigenvalue weighted by Crippen LogP contribution is 2.44. The van der Waals surface area contributed by atoms with Crippen molar-refractivity contribution in [3.8, 4) is 11.5 Å². The maximum atomic E-state index is 14.7. The van der Waals surface area contributed by atoms with Crippen molar-refractivity contribution in [2.75, 3.05) is 12.4 Å². The first-order chi connectivity index (χ1) is 15.0. The van der Waals surface area contributed by atoms with Gasteiger partial charge in [-0.25, -0.2) is 23.7 Å². The van der Waals surface area contributed by atoms with Gasteiger partial charge in [-0.05, 0) is 43.6 Å². The van der Waals surface area contributed by atoms with Gasteiger partial charge in [0.25, 0.3) is 0 Å². The third-order valence-electron chi connectivity index (χ3n) is 6.58. The van der Waals surface area contributed by atoms with Gasteiger partial charge in [0.05, 0.1) is 30.8 Å². The first-order valence-electron chi connectivity index (χ1n) is 10.4. The van der Waals surface area contributed by atoms with E-state index in [9.17, 15) is 13.6 Å². The summed E-state index contributed by atoms with van der Waals surface area (Å²) in [6, 6.07) is 1.00. The predicted octanol–water partition coefficient (Wildman–Crippen LogP) is 3.47. The fourth-order valence-corrected chi connectivity index (χ4v) is 5.14. The normalized spacial score (nSPS) is 25.4. The topological polar surface area (TPSA) is 106 Å². The van der Waals surface area contributed by atoms with Crippen LogP contribution in [0, 0.1) is 29.4 Å². The van der Waals surface area contributed by atoms with E-state index >= 15 is 0 Å². The zero-order chi connectivity index (χ0) is 21.5. The second kappa shape index (κ2) is 7.82. The van der Waals surface area contributed by atoms with E-state index in [1.54, 1.807) is 0 Å². The Bertz CT molecular complexity index is 1130. The Labute approximate surface area is 176 Å². The van der Waals surface area contributed by atoms with Gasteiger partial charge in [0.2, 0.25) is 0 Å². The van der Waals surface area contributed by atoms with E-state index in [-0.39, 0.29) is 41.4 Å². The minimum Gasteiger partial charge on any atom is -0.469 e. The molecule has 3 heterocycles. The molecule has 2 bridgehead atoms. The smallest absolute Gasteiger partial charge is 0.311 e. The van der Waals surface area contributed by atoms with Crippen molar-refractivity contribution in [2.45, 2.75) is 38.1 Å². The summed E-state index contributed by atoms with van der Waals surface area (Å²) in [5.74, 6) is -1.17. The molecule has 3 aromatic heterocycles. The molecule has 0 aromatic carbocycles. The van der Waals surface area contributed by atoms with Crippen molar-refractivity contribution in [3.05, 3.63) is 30.1 Å². The molecule has 3 aliphatic rings. The van der Waals surface area contributed by atoms with Gasteiger partial charge >= 0.3 is 5.97 Å². The number of halogens is 2. The minimum absolute atomic E-state index is 0.00330. The molecule has 0 aliphatic heterocycles. The van der Waals surface area contributed by atoms with Gasteiger partial charge in [-0.2, -0.15) is 5.10 Å². The summed E-state index contributed by atoms with van der Waals surface area (Å²) in [4.78, 5) is 24.9. The molecule has 0 spiro atoms. The number of methoxy groups -OCH3 is 1. The van der Waals surface area contributed by atoms with E-state index in [0.717, 1.165) is 44.5 Å². The number of H-pyrrole nitrogens is 1. The predicted molar refractivity (Wildman–Crippen MR) is 108 cm³/mol. The van der Waals surface area contributed by atoms with Crippen LogP contribution in [0.25, 0.3) is 22.6 Å². The summed E-state index contributed by atoms with van der Waals surface area (Å²) >= 11 is 0. The molecule has 31 heavy (non-hydrogen) atoms. The highest BCUT2D eigenvalue weighted by Gasteiger charge is 2.46. The first-order valence-corrected chi connectivity index (χ1v) is 10.4. The van der Waals surface area contributed by atoms with Crippen molar-refractivity contribution < 1.29 is 18.3 Å². The highest BCUT2D eigenvalue weighted by atomic mass is 19.1. The second-order valence-electron chi connectivity index (χ2n) is 8.26. The number of nitrogens with zero attached hydrogens (tertiary/aromatic N) is 4. The van der Waals surface area contributed by atoms with Crippen molar-refractivity contribution >= 4 is 22.8 Å². The highest BCUT2D eigenvalue weighted by molar-refractivity contribution is 5.88. The van der Waals surface area contributed by atoms with Gasteiger partial charge in [0, 0.05) is 6.04 Å². The van der Waals surface area contributed by atoms with E-state index < -0.39 is 11.6 Å². The van der Waals surface area contributed by atoms with Crippen LogP contribution in [-0.4, -0.2) is 44.3 Å². The van der Waals surface area contributed by atoms with Crippen LogP contribution >= 0.6 is 0 Å². The molecule has 0 amide bonds. The third kappa shape index (κ3) is 3.49. The first kappa shape index (κ1) is 19.8. The Morgan fingerprint density at radius 1 is 1.16 bits per heavy atom. The molecule has 3 aromatic rings. The molecule has 2 N–H and O–H groups in total. The number of hydrogen-bond acceptors (Lipinski definition) is 7. The Morgan fingerprint density at radius 3 is 2.81 bits per heavy atom. The summed E-state index contributed by atoms with van der Waals surface area (Å²) in [7, 11) is 1.39. The van der Waals surface area contributed by atoms with Crippen molar-refractivity contribution in [1.82, 2.24) is 25.1 Å². The largest absolute Gasteiger partial charge is 0.469 e. The fourth-order valence-electron chi connectivity index (χ4n) is 5.14. The molecule has 0 saturated heterocycles. The molecule has 6 rings (SSSR count). The summed E-state index contributed by atoms with van der Waals surface area (Å²) < 4.78 is 33.5. The monoisotopic (exact) mass is 428 g/mol. The summed E-state index contributed by atoms with van der Waals surface area (Å²) in [5.41, 5.74) is 0.655. The molecule has 3 aliphatic carbocycles. The van der Waals surface area contributed by atoms with Crippen LogP contribution in [0.2, 0.25) is 0 Å². The number of rotatable bonds is 4. The lowest BCUT2D eigenvalue weighted by molar-refractivity contribution is -0.149. The van der Waals surface area contributed by atoms with Gasteiger partial charge in [-0.15, -0.1) is 0 Å². The Balaban J connectivity index is 1.52. The molecule has 3 saturated carbocycles. The SMILES string of the molecule is COC(=O)C1C2CCCC(CC2)[C@H]1Nc1nc(-c2[nH]nc3ncc(F)cc23)ncc1F. The average Bonchev–Trinajstić information content (AvgIpc) is 2.94. The van der Waals surface area contributed by atoms with E-state index in [4.69, 9.17) is 4.74 Å². The van der Waals surface area contributed by atoms with Gasteiger partial charge in [0.1, 0.15) is 11.5 Å².